The number of piperazine rings is 1. The molecule has 1 aromatic carbocycles. The van der Waals surface area contributed by atoms with Crippen molar-refractivity contribution in [1.29, 1.82) is 0 Å². The minimum atomic E-state index is -0.603. The van der Waals surface area contributed by atoms with Crippen LogP contribution in [0.25, 0.3) is 0 Å². The lowest BCUT2D eigenvalue weighted by molar-refractivity contribution is -0.134. The van der Waals surface area contributed by atoms with Crippen LogP contribution in [0.3, 0.4) is 0 Å². The first kappa shape index (κ1) is 15.8. The second-order valence-electron chi connectivity index (χ2n) is 5.46. The van der Waals surface area contributed by atoms with E-state index in [0.29, 0.717) is 12.1 Å². The Morgan fingerprint density at radius 1 is 1.38 bits per heavy atom. The van der Waals surface area contributed by atoms with E-state index in [1.807, 2.05) is 20.8 Å². The highest BCUT2D eigenvalue weighted by Gasteiger charge is 2.41. The zero-order valence-electron chi connectivity index (χ0n) is 12.2. The normalized spacial score (nSPS) is 22.7. The van der Waals surface area contributed by atoms with E-state index in [0.717, 1.165) is 0 Å². The molecule has 1 aromatic rings. The predicted molar refractivity (Wildman–Crippen MR) is 79.7 cm³/mol. The van der Waals surface area contributed by atoms with Crippen LogP contribution in [0.2, 0.25) is 5.02 Å². The number of hydrogen-bond donors (Lipinski definition) is 1. The molecular formula is C15H18ClFN2O2. The molecule has 1 N–H and O–H groups in total. The maximum absolute atomic E-state index is 13.3. The molecule has 1 heterocycles. The highest BCUT2D eigenvalue weighted by Crippen LogP contribution is 2.28. The Morgan fingerprint density at radius 3 is 2.57 bits per heavy atom. The highest BCUT2D eigenvalue weighted by atomic mass is 35.5. The van der Waals surface area contributed by atoms with Gasteiger partial charge in [-0.25, -0.2) is 4.39 Å². The molecule has 2 amide bonds. The standard InChI is InChI=1S/C15H18ClFN2O2/c1-4-12-14(20)18-13(8(2)3)15(21)19(12)9-5-6-11(17)10(16)7-9/h5-8,12-13H,4H2,1-3H3,(H,18,20). The molecule has 0 radical (unpaired) electrons. The van der Waals surface area contributed by atoms with Crippen LogP contribution >= 0.6 is 11.6 Å². The van der Waals surface area contributed by atoms with Gasteiger partial charge in [0.25, 0.3) is 5.91 Å². The van der Waals surface area contributed by atoms with E-state index in [9.17, 15) is 14.0 Å². The molecule has 0 saturated carbocycles. The molecule has 1 aliphatic heterocycles. The summed E-state index contributed by atoms with van der Waals surface area (Å²) in [5.74, 6) is -0.976. The molecule has 21 heavy (non-hydrogen) atoms. The molecule has 2 atom stereocenters. The lowest BCUT2D eigenvalue weighted by Gasteiger charge is -2.40. The lowest BCUT2D eigenvalue weighted by atomic mass is 9.96. The molecule has 1 saturated heterocycles. The molecule has 0 aromatic heterocycles. The summed E-state index contributed by atoms with van der Waals surface area (Å²) in [5, 5.41) is 2.69. The third kappa shape index (κ3) is 2.88. The van der Waals surface area contributed by atoms with E-state index in [1.165, 1.54) is 23.1 Å². The molecular weight excluding hydrogens is 295 g/mol. The zero-order chi connectivity index (χ0) is 15.7. The molecule has 0 spiro atoms. The fourth-order valence-corrected chi connectivity index (χ4v) is 2.67. The number of nitrogens with zero attached hydrogens (tertiary/aromatic N) is 1. The molecule has 4 nitrogen and oxygen atoms in total. The number of nitrogens with one attached hydrogen (secondary N) is 1. The maximum atomic E-state index is 13.3. The Bertz CT molecular complexity index is 577. The fourth-order valence-electron chi connectivity index (χ4n) is 2.49. The summed E-state index contributed by atoms with van der Waals surface area (Å²) in [4.78, 5) is 26.3. The van der Waals surface area contributed by atoms with Crippen molar-refractivity contribution in [2.45, 2.75) is 39.3 Å². The Morgan fingerprint density at radius 2 is 2.05 bits per heavy atom. The minimum Gasteiger partial charge on any atom is -0.342 e. The third-order valence-corrected chi connectivity index (χ3v) is 3.94. The number of hydrogen-bond acceptors (Lipinski definition) is 2. The molecule has 6 heteroatoms. The van der Waals surface area contributed by atoms with Crippen LogP contribution in [0.4, 0.5) is 10.1 Å². The summed E-state index contributed by atoms with van der Waals surface area (Å²) in [5.41, 5.74) is 0.443. The largest absolute Gasteiger partial charge is 0.342 e. The highest BCUT2D eigenvalue weighted by molar-refractivity contribution is 6.31. The minimum absolute atomic E-state index is 0.0299. The molecule has 0 bridgehead atoms. The van der Waals surface area contributed by atoms with Gasteiger partial charge in [-0.2, -0.15) is 0 Å². The average Bonchev–Trinajstić information content (AvgIpc) is 2.43. The van der Waals surface area contributed by atoms with Gasteiger partial charge in [0.1, 0.15) is 17.9 Å². The number of rotatable bonds is 3. The van der Waals surface area contributed by atoms with Crippen LogP contribution < -0.4 is 10.2 Å². The first-order valence-electron chi connectivity index (χ1n) is 6.95. The monoisotopic (exact) mass is 312 g/mol. The quantitative estimate of drug-likeness (QED) is 0.933. The van der Waals surface area contributed by atoms with E-state index < -0.39 is 17.9 Å². The van der Waals surface area contributed by atoms with E-state index in [4.69, 9.17) is 11.6 Å². The van der Waals surface area contributed by atoms with Gasteiger partial charge >= 0.3 is 0 Å². The SMILES string of the molecule is CCC1C(=O)NC(C(C)C)C(=O)N1c1ccc(F)c(Cl)c1. The third-order valence-electron chi connectivity index (χ3n) is 3.65. The van der Waals surface area contributed by atoms with Crippen LogP contribution in [-0.4, -0.2) is 23.9 Å². The van der Waals surface area contributed by atoms with Gasteiger partial charge in [0.05, 0.1) is 5.02 Å². The van der Waals surface area contributed by atoms with Crippen molar-refractivity contribution < 1.29 is 14.0 Å². The Kier molecular flexibility index (Phi) is 4.52. The summed E-state index contributed by atoms with van der Waals surface area (Å²) in [6.45, 7) is 5.56. The van der Waals surface area contributed by atoms with Crippen molar-refractivity contribution in [2.75, 3.05) is 4.90 Å². The Balaban J connectivity index is 2.46. The van der Waals surface area contributed by atoms with E-state index in [-0.39, 0.29) is 22.8 Å². The van der Waals surface area contributed by atoms with Gasteiger partial charge in [0.2, 0.25) is 5.91 Å². The molecule has 114 valence electrons. The molecule has 2 unspecified atom stereocenters. The second-order valence-corrected chi connectivity index (χ2v) is 5.87. The van der Waals surface area contributed by atoms with Crippen molar-refractivity contribution in [3.63, 3.8) is 0 Å². The first-order chi connectivity index (χ1) is 9.86. The van der Waals surface area contributed by atoms with E-state index >= 15 is 0 Å². The van der Waals surface area contributed by atoms with Crippen LogP contribution in [0.5, 0.6) is 0 Å². The van der Waals surface area contributed by atoms with E-state index in [1.54, 1.807) is 0 Å². The van der Waals surface area contributed by atoms with Gasteiger partial charge in [-0.3, -0.25) is 14.5 Å². The second kappa shape index (κ2) is 6.02. The van der Waals surface area contributed by atoms with Crippen molar-refractivity contribution in [2.24, 2.45) is 5.92 Å². The summed E-state index contributed by atoms with van der Waals surface area (Å²) in [6.07, 6.45) is 0.470. The lowest BCUT2D eigenvalue weighted by Crippen LogP contribution is -2.64. The van der Waals surface area contributed by atoms with Crippen molar-refractivity contribution in [3.05, 3.63) is 29.0 Å². The summed E-state index contributed by atoms with van der Waals surface area (Å²) < 4.78 is 13.3. The topological polar surface area (TPSA) is 49.4 Å². The predicted octanol–water partition coefficient (Wildman–Crippen LogP) is 2.75. The molecule has 1 aliphatic rings. The fraction of sp³-hybridized carbons (Fsp3) is 0.467. The van der Waals surface area contributed by atoms with Gasteiger partial charge < -0.3 is 5.32 Å². The van der Waals surface area contributed by atoms with Crippen LogP contribution in [0.15, 0.2) is 18.2 Å². The molecule has 0 aliphatic carbocycles. The molecule has 2 rings (SSSR count). The average molecular weight is 313 g/mol. The van der Waals surface area contributed by atoms with Gasteiger partial charge in [0.15, 0.2) is 0 Å². The maximum Gasteiger partial charge on any atom is 0.250 e. The summed E-state index contributed by atoms with van der Waals surface area (Å²) in [7, 11) is 0. The number of halogens is 2. The number of benzene rings is 1. The molecule has 1 fully saturated rings. The summed E-state index contributed by atoms with van der Waals surface area (Å²) >= 11 is 5.79. The smallest absolute Gasteiger partial charge is 0.250 e. The number of carbonyl (C=O) groups excluding carboxylic acids is 2. The number of anilines is 1. The number of amides is 2. The van der Waals surface area contributed by atoms with Crippen LogP contribution in [-0.2, 0) is 9.59 Å². The van der Waals surface area contributed by atoms with Crippen LogP contribution in [0, 0.1) is 11.7 Å². The number of carbonyl (C=O) groups is 2. The Labute approximate surface area is 128 Å². The zero-order valence-corrected chi connectivity index (χ0v) is 12.9. The first-order valence-corrected chi connectivity index (χ1v) is 7.33. The van der Waals surface area contributed by atoms with E-state index in [2.05, 4.69) is 5.32 Å². The van der Waals surface area contributed by atoms with Gasteiger partial charge in [-0.15, -0.1) is 0 Å². The van der Waals surface area contributed by atoms with Gasteiger partial charge in [-0.1, -0.05) is 32.4 Å². The van der Waals surface area contributed by atoms with Crippen LogP contribution in [0.1, 0.15) is 27.2 Å². The van der Waals surface area contributed by atoms with Crippen molar-refractivity contribution in [3.8, 4) is 0 Å². The van der Waals surface area contributed by atoms with Crippen molar-refractivity contribution in [1.82, 2.24) is 5.32 Å². The van der Waals surface area contributed by atoms with Gasteiger partial charge in [-0.05, 0) is 30.5 Å². The van der Waals surface area contributed by atoms with Crippen molar-refractivity contribution >= 4 is 29.1 Å². The summed E-state index contributed by atoms with van der Waals surface area (Å²) in [6, 6.07) is 2.87. The Hall–Kier alpha value is -1.62. The van der Waals surface area contributed by atoms with Gasteiger partial charge in [0, 0.05) is 5.69 Å².